The fraction of sp³-hybridized carbons (Fsp3) is 0.385. The minimum atomic E-state index is -0.968. The molecular weight excluding hydrogens is 232 g/mol. The summed E-state index contributed by atoms with van der Waals surface area (Å²) < 4.78 is 0. The Hall–Kier alpha value is -2.04. The summed E-state index contributed by atoms with van der Waals surface area (Å²) in [6.45, 7) is 3.02. The summed E-state index contributed by atoms with van der Waals surface area (Å²) in [5, 5.41) is 14.2. The number of urea groups is 1. The molecule has 0 radical (unpaired) electrons. The molecule has 0 aromatic heterocycles. The molecule has 0 saturated carbocycles. The van der Waals surface area contributed by atoms with Crippen molar-refractivity contribution in [2.45, 2.75) is 26.3 Å². The van der Waals surface area contributed by atoms with Gasteiger partial charge in [0.25, 0.3) is 0 Å². The molecule has 0 aliphatic rings. The van der Waals surface area contributed by atoms with Gasteiger partial charge in [0.2, 0.25) is 0 Å². The van der Waals surface area contributed by atoms with Crippen LogP contribution in [0, 0.1) is 0 Å². The number of rotatable bonds is 6. The highest BCUT2D eigenvalue weighted by Gasteiger charge is 2.04. The predicted octanol–water partition coefficient (Wildman–Crippen LogP) is 1.98. The molecule has 0 bridgehead atoms. The summed E-state index contributed by atoms with van der Waals surface area (Å²) in [5.41, 5.74) is 0.987. The number of aromatic carboxylic acids is 1. The SMILES string of the molecule is CCCCNC(=O)NCc1cccc(C(=O)O)c1. The van der Waals surface area contributed by atoms with Crippen molar-refractivity contribution in [3.8, 4) is 0 Å². The number of hydrogen-bond donors (Lipinski definition) is 3. The lowest BCUT2D eigenvalue weighted by Gasteiger charge is -2.07. The molecule has 3 N–H and O–H groups in total. The summed E-state index contributed by atoms with van der Waals surface area (Å²) in [4.78, 5) is 22.1. The molecule has 18 heavy (non-hydrogen) atoms. The summed E-state index contributed by atoms with van der Waals surface area (Å²) in [6.07, 6.45) is 1.98. The Bertz CT molecular complexity index is 418. The Kier molecular flexibility index (Phi) is 5.70. The maximum Gasteiger partial charge on any atom is 0.335 e. The monoisotopic (exact) mass is 250 g/mol. The van der Waals surface area contributed by atoms with E-state index >= 15 is 0 Å². The number of carboxylic acid groups (broad SMARTS) is 1. The van der Waals surface area contributed by atoms with Gasteiger partial charge in [-0.25, -0.2) is 9.59 Å². The highest BCUT2D eigenvalue weighted by atomic mass is 16.4. The Morgan fingerprint density at radius 2 is 2.06 bits per heavy atom. The lowest BCUT2D eigenvalue weighted by molar-refractivity contribution is 0.0696. The van der Waals surface area contributed by atoms with Gasteiger partial charge in [-0.1, -0.05) is 25.5 Å². The molecule has 0 aliphatic carbocycles. The smallest absolute Gasteiger partial charge is 0.335 e. The number of carbonyl (C=O) groups is 2. The van der Waals surface area contributed by atoms with Gasteiger partial charge in [-0.2, -0.15) is 0 Å². The van der Waals surface area contributed by atoms with Crippen molar-refractivity contribution in [2.24, 2.45) is 0 Å². The molecule has 5 heteroatoms. The van der Waals surface area contributed by atoms with Gasteiger partial charge in [-0.3, -0.25) is 0 Å². The third kappa shape index (κ3) is 4.86. The molecule has 5 nitrogen and oxygen atoms in total. The number of amides is 2. The zero-order valence-electron chi connectivity index (χ0n) is 10.4. The van der Waals surface area contributed by atoms with Crippen LogP contribution in [0.4, 0.5) is 4.79 Å². The average Bonchev–Trinajstić information content (AvgIpc) is 2.37. The lowest BCUT2D eigenvalue weighted by Crippen LogP contribution is -2.35. The molecule has 0 spiro atoms. The second-order valence-corrected chi connectivity index (χ2v) is 3.97. The first-order valence-electron chi connectivity index (χ1n) is 5.97. The van der Waals surface area contributed by atoms with E-state index in [4.69, 9.17) is 5.11 Å². The normalized spacial score (nSPS) is 9.83. The minimum absolute atomic E-state index is 0.223. The molecule has 0 unspecified atom stereocenters. The maximum absolute atomic E-state index is 11.4. The first-order valence-corrected chi connectivity index (χ1v) is 5.97. The highest BCUT2D eigenvalue weighted by Crippen LogP contribution is 2.04. The second kappa shape index (κ2) is 7.32. The van der Waals surface area contributed by atoms with Crippen molar-refractivity contribution in [1.29, 1.82) is 0 Å². The number of hydrogen-bond acceptors (Lipinski definition) is 2. The van der Waals surface area contributed by atoms with E-state index in [0.29, 0.717) is 13.1 Å². The van der Waals surface area contributed by atoms with Crippen LogP contribution in [0.1, 0.15) is 35.7 Å². The molecule has 0 fully saturated rings. The van der Waals surface area contributed by atoms with Crippen molar-refractivity contribution < 1.29 is 14.7 Å². The van der Waals surface area contributed by atoms with Gasteiger partial charge in [0.05, 0.1) is 5.56 Å². The Labute approximate surface area is 106 Å². The van der Waals surface area contributed by atoms with E-state index in [1.807, 2.05) is 0 Å². The fourth-order valence-electron chi connectivity index (χ4n) is 1.44. The number of unbranched alkanes of at least 4 members (excludes halogenated alkanes) is 1. The second-order valence-electron chi connectivity index (χ2n) is 3.97. The van der Waals surface area contributed by atoms with Gasteiger partial charge in [0.1, 0.15) is 0 Å². The van der Waals surface area contributed by atoms with Crippen molar-refractivity contribution in [2.75, 3.05) is 6.54 Å². The van der Waals surface area contributed by atoms with Gasteiger partial charge in [-0.15, -0.1) is 0 Å². The van der Waals surface area contributed by atoms with E-state index in [1.165, 1.54) is 6.07 Å². The molecule has 0 saturated heterocycles. The molecule has 0 heterocycles. The van der Waals surface area contributed by atoms with Crippen LogP contribution in [-0.4, -0.2) is 23.7 Å². The predicted molar refractivity (Wildman–Crippen MR) is 68.5 cm³/mol. The molecular formula is C13H18N2O3. The Balaban J connectivity index is 2.41. The first kappa shape index (κ1) is 14.0. The number of nitrogens with one attached hydrogen (secondary N) is 2. The third-order valence-corrected chi connectivity index (χ3v) is 2.44. The first-order chi connectivity index (χ1) is 8.63. The summed E-state index contributed by atoms with van der Waals surface area (Å²) in [6, 6.07) is 6.28. The van der Waals surface area contributed by atoms with Crippen LogP contribution in [0.25, 0.3) is 0 Å². The molecule has 1 rings (SSSR count). The van der Waals surface area contributed by atoms with Gasteiger partial charge in [0, 0.05) is 13.1 Å². The van der Waals surface area contributed by atoms with Crippen LogP contribution >= 0.6 is 0 Å². The average molecular weight is 250 g/mol. The standard InChI is InChI=1S/C13H18N2O3/c1-2-3-7-14-13(18)15-9-10-5-4-6-11(8-10)12(16)17/h4-6,8H,2-3,7,9H2,1H3,(H,16,17)(H2,14,15,18). The molecule has 2 amide bonds. The Morgan fingerprint density at radius 1 is 1.28 bits per heavy atom. The summed E-state index contributed by atoms with van der Waals surface area (Å²) >= 11 is 0. The zero-order valence-corrected chi connectivity index (χ0v) is 10.4. The molecule has 0 aliphatic heterocycles. The van der Waals surface area contributed by atoms with E-state index in [-0.39, 0.29) is 11.6 Å². The van der Waals surface area contributed by atoms with E-state index in [9.17, 15) is 9.59 Å². The minimum Gasteiger partial charge on any atom is -0.478 e. The van der Waals surface area contributed by atoms with Gasteiger partial charge in [0.15, 0.2) is 0 Å². The van der Waals surface area contributed by atoms with Crippen LogP contribution in [0.5, 0.6) is 0 Å². The van der Waals surface area contributed by atoms with Crippen LogP contribution in [-0.2, 0) is 6.54 Å². The van der Waals surface area contributed by atoms with Crippen molar-refractivity contribution in [3.63, 3.8) is 0 Å². The Morgan fingerprint density at radius 3 is 2.72 bits per heavy atom. The number of carboxylic acids is 1. The van der Waals surface area contributed by atoms with Crippen molar-refractivity contribution in [1.82, 2.24) is 10.6 Å². The maximum atomic E-state index is 11.4. The van der Waals surface area contributed by atoms with Crippen LogP contribution in [0.2, 0.25) is 0 Å². The highest BCUT2D eigenvalue weighted by molar-refractivity contribution is 5.87. The molecule has 1 aromatic carbocycles. The quantitative estimate of drug-likeness (QED) is 0.675. The van der Waals surface area contributed by atoms with E-state index in [2.05, 4.69) is 17.6 Å². The third-order valence-electron chi connectivity index (χ3n) is 2.44. The van der Waals surface area contributed by atoms with Gasteiger partial charge in [-0.05, 0) is 24.1 Å². The van der Waals surface area contributed by atoms with Gasteiger partial charge < -0.3 is 15.7 Å². The largest absolute Gasteiger partial charge is 0.478 e. The van der Waals surface area contributed by atoms with Crippen LogP contribution in [0.15, 0.2) is 24.3 Å². The summed E-state index contributed by atoms with van der Waals surface area (Å²) in [5.74, 6) is -0.968. The van der Waals surface area contributed by atoms with Gasteiger partial charge >= 0.3 is 12.0 Å². The topological polar surface area (TPSA) is 78.4 Å². The fourth-order valence-corrected chi connectivity index (χ4v) is 1.44. The van der Waals surface area contributed by atoms with Crippen LogP contribution in [0.3, 0.4) is 0 Å². The molecule has 1 aromatic rings. The van der Waals surface area contributed by atoms with Crippen molar-refractivity contribution >= 4 is 12.0 Å². The number of benzene rings is 1. The zero-order chi connectivity index (χ0) is 13.4. The van der Waals surface area contributed by atoms with E-state index < -0.39 is 5.97 Å². The van der Waals surface area contributed by atoms with Crippen LogP contribution < -0.4 is 10.6 Å². The van der Waals surface area contributed by atoms with E-state index in [0.717, 1.165) is 18.4 Å². The number of carbonyl (C=O) groups excluding carboxylic acids is 1. The lowest BCUT2D eigenvalue weighted by atomic mass is 10.1. The van der Waals surface area contributed by atoms with Crippen molar-refractivity contribution in [3.05, 3.63) is 35.4 Å². The summed E-state index contributed by atoms with van der Waals surface area (Å²) in [7, 11) is 0. The molecule has 98 valence electrons. The molecule has 0 atom stereocenters. The van der Waals surface area contributed by atoms with E-state index in [1.54, 1.807) is 18.2 Å².